The lowest BCUT2D eigenvalue weighted by atomic mass is 10.2. The first-order chi connectivity index (χ1) is 15.9. The molecule has 5 rings (SSSR count). The highest BCUT2D eigenvalue weighted by Gasteiger charge is 2.20. The standard InChI is InChI=1S/C23H20ClFN4O3S/c24-23-17(15-33(30,31)20-4-1-18(25)2-5-20)11-16(12-27-23)21-13-26-22-6-3-19(14-29(21)22)28-7-9-32-10-8-28/h1-6,11-14H,7-10,15H2. The van der Waals surface area contributed by atoms with Gasteiger partial charge in [0, 0.05) is 36.6 Å². The van der Waals surface area contributed by atoms with Gasteiger partial charge in [-0.3, -0.25) is 4.40 Å². The van der Waals surface area contributed by atoms with Gasteiger partial charge < -0.3 is 9.64 Å². The molecule has 0 N–H and O–H groups in total. The van der Waals surface area contributed by atoms with Crippen molar-refractivity contribution < 1.29 is 17.5 Å². The molecule has 0 bridgehead atoms. The van der Waals surface area contributed by atoms with Gasteiger partial charge in [-0.2, -0.15) is 0 Å². The fourth-order valence-corrected chi connectivity index (χ4v) is 5.45. The van der Waals surface area contributed by atoms with E-state index in [1.54, 1.807) is 18.5 Å². The molecule has 170 valence electrons. The molecule has 0 saturated carbocycles. The maximum absolute atomic E-state index is 13.2. The molecule has 3 aromatic heterocycles. The average Bonchev–Trinajstić information content (AvgIpc) is 3.24. The summed E-state index contributed by atoms with van der Waals surface area (Å²) >= 11 is 6.24. The number of hydrogen-bond donors (Lipinski definition) is 0. The SMILES string of the molecule is O=S(=O)(Cc1cc(-c2cnc3ccc(N4CCOCC4)cn23)cnc1Cl)c1ccc(F)cc1. The third-order valence-electron chi connectivity index (χ3n) is 5.59. The smallest absolute Gasteiger partial charge is 0.182 e. The van der Waals surface area contributed by atoms with Crippen LogP contribution in [0, 0.1) is 5.82 Å². The largest absolute Gasteiger partial charge is 0.378 e. The zero-order chi connectivity index (χ0) is 23.0. The number of benzene rings is 1. The molecule has 10 heteroatoms. The molecular formula is C23H20ClFN4O3S. The third-order valence-corrected chi connectivity index (χ3v) is 7.61. The minimum absolute atomic E-state index is 0.0234. The molecule has 4 heterocycles. The number of aromatic nitrogens is 3. The molecule has 1 aliphatic heterocycles. The Kier molecular flexibility index (Phi) is 5.77. The Morgan fingerprint density at radius 1 is 1.03 bits per heavy atom. The summed E-state index contributed by atoms with van der Waals surface area (Å²) in [7, 11) is -3.73. The van der Waals surface area contributed by atoms with Crippen LogP contribution in [0.5, 0.6) is 0 Å². The molecule has 1 aromatic carbocycles. The molecule has 7 nitrogen and oxygen atoms in total. The second-order valence-electron chi connectivity index (χ2n) is 7.75. The van der Waals surface area contributed by atoms with Crippen molar-refractivity contribution in [2.24, 2.45) is 0 Å². The van der Waals surface area contributed by atoms with Crippen LogP contribution in [0.1, 0.15) is 5.56 Å². The summed E-state index contributed by atoms with van der Waals surface area (Å²) in [4.78, 5) is 11.0. The van der Waals surface area contributed by atoms with Crippen LogP contribution in [0.15, 0.2) is 66.0 Å². The molecule has 0 amide bonds. The Bertz CT molecular complexity index is 1420. The van der Waals surface area contributed by atoms with Gasteiger partial charge in [0.2, 0.25) is 0 Å². The molecule has 0 unspecified atom stereocenters. The maximum Gasteiger partial charge on any atom is 0.182 e. The van der Waals surface area contributed by atoms with E-state index in [9.17, 15) is 12.8 Å². The number of sulfone groups is 1. The highest BCUT2D eigenvalue weighted by molar-refractivity contribution is 7.90. The van der Waals surface area contributed by atoms with Crippen LogP contribution in [0.4, 0.5) is 10.1 Å². The van der Waals surface area contributed by atoms with Crippen molar-refractivity contribution in [3.63, 3.8) is 0 Å². The number of imidazole rings is 1. The van der Waals surface area contributed by atoms with Gasteiger partial charge in [0.05, 0.1) is 41.4 Å². The predicted molar refractivity (Wildman–Crippen MR) is 124 cm³/mol. The van der Waals surface area contributed by atoms with Crippen molar-refractivity contribution in [1.29, 1.82) is 0 Å². The van der Waals surface area contributed by atoms with E-state index in [1.807, 2.05) is 22.7 Å². The van der Waals surface area contributed by atoms with Crippen LogP contribution in [0.25, 0.3) is 16.9 Å². The summed E-state index contributed by atoms with van der Waals surface area (Å²) in [5, 5.41) is 0.104. The molecular weight excluding hydrogens is 467 g/mol. The third kappa shape index (κ3) is 4.44. The molecule has 0 aliphatic carbocycles. The second-order valence-corrected chi connectivity index (χ2v) is 10.1. The van der Waals surface area contributed by atoms with Gasteiger partial charge in [-0.25, -0.2) is 22.8 Å². The summed E-state index contributed by atoms with van der Waals surface area (Å²) in [5.41, 5.74) is 3.63. The minimum atomic E-state index is -3.73. The summed E-state index contributed by atoms with van der Waals surface area (Å²) < 4.78 is 46.3. The number of hydrogen-bond acceptors (Lipinski definition) is 6. The fourth-order valence-electron chi connectivity index (χ4n) is 3.86. The molecule has 1 fully saturated rings. The number of ether oxygens (including phenoxy) is 1. The van der Waals surface area contributed by atoms with Gasteiger partial charge in [-0.1, -0.05) is 11.6 Å². The topological polar surface area (TPSA) is 76.8 Å². The van der Waals surface area contributed by atoms with Crippen LogP contribution in [0.3, 0.4) is 0 Å². The maximum atomic E-state index is 13.2. The van der Waals surface area contributed by atoms with Crippen molar-refractivity contribution in [3.05, 3.63) is 77.6 Å². The Hall–Kier alpha value is -3.01. The average molecular weight is 487 g/mol. The number of anilines is 1. The first kappa shape index (κ1) is 21.8. The van der Waals surface area contributed by atoms with Gasteiger partial charge in [0.15, 0.2) is 9.84 Å². The van der Waals surface area contributed by atoms with Gasteiger partial charge in [0.25, 0.3) is 0 Å². The lowest BCUT2D eigenvalue weighted by Gasteiger charge is -2.28. The van der Waals surface area contributed by atoms with Crippen LogP contribution in [-0.2, 0) is 20.3 Å². The van der Waals surface area contributed by atoms with Gasteiger partial charge >= 0.3 is 0 Å². The number of halogens is 2. The number of fused-ring (bicyclic) bond motifs is 1. The molecule has 1 aliphatic rings. The van der Waals surface area contributed by atoms with E-state index < -0.39 is 15.7 Å². The summed E-state index contributed by atoms with van der Waals surface area (Å²) in [5.74, 6) is -0.853. The molecule has 4 aromatic rings. The van der Waals surface area contributed by atoms with Crippen molar-refractivity contribution in [2.45, 2.75) is 10.6 Å². The van der Waals surface area contributed by atoms with Gasteiger partial charge in [-0.15, -0.1) is 0 Å². The minimum Gasteiger partial charge on any atom is -0.378 e. The van der Waals surface area contributed by atoms with E-state index in [-0.39, 0.29) is 15.8 Å². The predicted octanol–water partition coefficient (Wildman–Crippen LogP) is 4.00. The Morgan fingerprint density at radius 2 is 1.79 bits per heavy atom. The van der Waals surface area contributed by atoms with Crippen LogP contribution >= 0.6 is 11.6 Å². The van der Waals surface area contributed by atoms with E-state index in [4.69, 9.17) is 16.3 Å². The van der Waals surface area contributed by atoms with Gasteiger partial charge in [-0.05, 0) is 42.5 Å². The highest BCUT2D eigenvalue weighted by atomic mass is 35.5. The molecule has 33 heavy (non-hydrogen) atoms. The van der Waals surface area contributed by atoms with E-state index in [1.165, 1.54) is 12.1 Å². The van der Waals surface area contributed by atoms with E-state index >= 15 is 0 Å². The summed E-state index contributed by atoms with van der Waals surface area (Å²) in [6.45, 7) is 2.98. The van der Waals surface area contributed by atoms with Crippen molar-refractivity contribution >= 4 is 32.8 Å². The number of pyridine rings is 2. The van der Waals surface area contributed by atoms with Crippen LogP contribution < -0.4 is 4.90 Å². The highest BCUT2D eigenvalue weighted by Crippen LogP contribution is 2.28. The van der Waals surface area contributed by atoms with Crippen LogP contribution in [-0.4, -0.2) is 49.1 Å². The monoisotopic (exact) mass is 486 g/mol. The lowest BCUT2D eigenvalue weighted by Crippen LogP contribution is -2.36. The number of morpholine rings is 1. The van der Waals surface area contributed by atoms with Crippen LogP contribution in [0.2, 0.25) is 5.15 Å². The summed E-state index contributed by atoms with van der Waals surface area (Å²) in [6, 6.07) is 10.4. The number of nitrogens with zero attached hydrogens (tertiary/aromatic N) is 4. The molecule has 0 radical (unpaired) electrons. The lowest BCUT2D eigenvalue weighted by molar-refractivity contribution is 0.122. The molecule has 0 spiro atoms. The van der Waals surface area contributed by atoms with Crippen molar-refractivity contribution in [3.8, 4) is 11.3 Å². The van der Waals surface area contributed by atoms with Gasteiger partial charge in [0.1, 0.15) is 16.6 Å². The quantitative estimate of drug-likeness (QED) is 0.313. The Balaban J connectivity index is 1.50. The van der Waals surface area contributed by atoms with Crippen molar-refractivity contribution in [1.82, 2.24) is 14.4 Å². The molecule has 1 saturated heterocycles. The number of rotatable bonds is 5. The van der Waals surface area contributed by atoms with Crippen molar-refractivity contribution in [2.75, 3.05) is 31.2 Å². The zero-order valence-corrected chi connectivity index (χ0v) is 19.1. The zero-order valence-electron chi connectivity index (χ0n) is 17.5. The van der Waals surface area contributed by atoms with E-state index in [0.29, 0.717) is 24.3 Å². The first-order valence-corrected chi connectivity index (χ1v) is 12.4. The normalized spacial score (nSPS) is 14.7. The fraction of sp³-hybridized carbons (Fsp3) is 0.217. The Labute approximate surface area is 195 Å². The summed E-state index contributed by atoms with van der Waals surface area (Å²) in [6.07, 6.45) is 5.33. The van der Waals surface area contributed by atoms with E-state index in [2.05, 4.69) is 14.9 Å². The first-order valence-electron chi connectivity index (χ1n) is 10.3. The second kappa shape index (κ2) is 8.74. The molecule has 0 atom stereocenters. The van der Waals surface area contributed by atoms with E-state index in [0.717, 1.165) is 42.3 Å². The Morgan fingerprint density at radius 3 is 2.55 bits per heavy atom.